The molecule has 0 aliphatic carbocycles. The van der Waals surface area contributed by atoms with Gasteiger partial charge < -0.3 is 14.8 Å². The number of likely N-dealkylation sites (N-methyl/N-ethyl adjacent to an activating group) is 1. The topological polar surface area (TPSA) is 30.5 Å². The molecule has 1 aromatic carbocycles. The van der Waals surface area contributed by atoms with Crippen LogP contribution in [-0.4, -0.2) is 31.9 Å². The van der Waals surface area contributed by atoms with Crippen molar-refractivity contribution in [3.8, 4) is 5.75 Å². The minimum atomic E-state index is -0.308. The number of nitrogens with one attached hydrogen (secondary N) is 1. The van der Waals surface area contributed by atoms with Gasteiger partial charge in [-0.25, -0.2) is 4.39 Å². The maximum absolute atomic E-state index is 13.8. The minimum absolute atomic E-state index is 0.160. The first-order valence-electron chi connectivity index (χ1n) is 7.29. The SMILES string of the molecule is CCNC(Cc1ccc(OC)c(F)c1)C1(C)CCCO1. The van der Waals surface area contributed by atoms with Gasteiger partial charge in [0.25, 0.3) is 0 Å². The van der Waals surface area contributed by atoms with Crippen molar-refractivity contribution >= 4 is 0 Å². The lowest BCUT2D eigenvalue weighted by Gasteiger charge is -2.34. The van der Waals surface area contributed by atoms with Gasteiger partial charge >= 0.3 is 0 Å². The Morgan fingerprint density at radius 1 is 1.50 bits per heavy atom. The van der Waals surface area contributed by atoms with E-state index in [1.54, 1.807) is 12.1 Å². The number of halogens is 1. The fraction of sp³-hybridized carbons (Fsp3) is 0.625. The molecule has 0 aromatic heterocycles. The third kappa shape index (κ3) is 3.30. The van der Waals surface area contributed by atoms with Crippen LogP contribution in [0.25, 0.3) is 0 Å². The average molecular weight is 281 g/mol. The molecule has 4 heteroatoms. The quantitative estimate of drug-likeness (QED) is 0.869. The normalized spacial score (nSPS) is 23.8. The number of rotatable bonds is 6. The first-order valence-corrected chi connectivity index (χ1v) is 7.29. The zero-order valence-corrected chi connectivity index (χ0v) is 12.5. The third-order valence-electron chi connectivity index (χ3n) is 4.09. The largest absolute Gasteiger partial charge is 0.494 e. The summed E-state index contributed by atoms with van der Waals surface area (Å²) in [7, 11) is 1.48. The lowest BCUT2D eigenvalue weighted by molar-refractivity contribution is -0.0110. The van der Waals surface area contributed by atoms with Gasteiger partial charge in [0, 0.05) is 12.6 Å². The second-order valence-electron chi connectivity index (χ2n) is 5.55. The van der Waals surface area contributed by atoms with Crippen molar-refractivity contribution < 1.29 is 13.9 Å². The molecule has 20 heavy (non-hydrogen) atoms. The highest BCUT2D eigenvalue weighted by Crippen LogP contribution is 2.31. The standard InChI is InChI=1S/C16H24FNO2/c1-4-18-15(16(2)8-5-9-20-16)11-12-6-7-14(19-3)13(17)10-12/h6-7,10,15,18H,4-5,8-9,11H2,1-3H3. The van der Waals surface area contributed by atoms with Crippen LogP contribution in [0.2, 0.25) is 0 Å². The van der Waals surface area contributed by atoms with Crippen molar-refractivity contribution in [2.24, 2.45) is 0 Å². The van der Waals surface area contributed by atoms with Crippen molar-refractivity contribution in [1.82, 2.24) is 5.32 Å². The minimum Gasteiger partial charge on any atom is -0.494 e. The molecule has 2 atom stereocenters. The van der Waals surface area contributed by atoms with E-state index in [0.717, 1.165) is 38.0 Å². The van der Waals surface area contributed by atoms with Crippen LogP contribution < -0.4 is 10.1 Å². The molecule has 1 N–H and O–H groups in total. The van der Waals surface area contributed by atoms with Crippen molar-refractivity contribution in [1.29, 1.82) is 0 Å². The van der Waals surface area contributed by atoms with E-state index in [4.69, 9.17) is 9.47 Å². The van der Waals surface area contributed by atoms with Crippen LogP contribution in [0.15, 0.2) is 18.2 Å². The van der Waals surface area contributed by atoms with Gasteiger partial charge in [0.15, 0.2) is 11.6 Å². The first kappa shape index (κ1) is 15.3. The van der Waals surface area contributed by atoms with Crippen molar-refractivity contribution in [3.63, 3.8) is 0 Å². The maximum atomic E-state index is 13.8. The molecule has 3 nitrogen and oxygen atoms in total. The summed E-state index contributed by atoms with van der Waals surface area (Å²) in [6.45, 7) is 5.92. The molecule has 1 fully saturated rings. The Labute approximate surface area is 120 Å². The second-order valence-corrected chi connectivity index (χ2v) is 5.55. The molecule has 1 saturated heterocycles. The summed E-state index contributed by atoms with van der Waals surface area (Å²) in [5.41, 5.74) is 0.804. The highest BCUT2D eigenvalue weighted by molar-refractivity contribution is 5.30. The fourth-order valence-electron chi connectivity index (χ4n) is 2.90. The average Bonchev–Trinajstić information content (AvgIpc) is 2.87. The van der Waals surface area contributed by atoms with Gasteiger partial charge in [0.1, 0.15) is 0 Å². The Morgan fingerprint density at radius 2 is 2.30 bits per heavy atom. The monoisotopic (exact) mass is 281 g/mol. The van der Waals surface area contributed by atoms with Crippen LogP contribution in [0.3, 0.4) is 0 Å². The number of methoxy groups -OCH3 is 1. The molecular formula is C16H24FNO2. The van der Waals surface area contributed by atoms with Gasteiger partial charge in [-0.05, 0) is 50.4 Å². The molecule has 1 aromatic rings. The van der Waals surface area contributed by atoms with Gasteiger partial charge in [-0.2, -0.15) is 0 Å². The van der Waals surface area contributed by atoms with E-state index in [1.165, 1.54) is 7.11 Å². The van der Waals surface area contributed by atoms with E-state index in [9.17, 15) is 4.39 Å². The Kier molecular flexibility index (Phi) is 5.00. The molecule has 0 bridgehead atoms. The summed E-state index contributed by atoms with van der Waals surface area (Å²) >= 11 is 0. The number of hydrogen-bond acceptors (Lipinski definition) is 3. The highest BCUT2D eigenvalue weighted by atomic mass is 19.1. The Morgan fingerprint density at radius 3 is 2.85 bits per heavy atom. The summed E-state index contributed by atoms with van der Waals surface area (Å²) in [6, 6.07) is 5.36. The van der Waals surface area contributed by atoms with E-state index >= 15 is 0 Å². The molecule has 0 amide bonds. The van der Waals surface area contributed by atoms with Crippen LogP contribution in [0.5, 0.6) is 5.75 Å². The number of hydrogen-bond donors (Lipinski definition) is 1. The van der Waals surface area contributed by atoms with Gasteiger partial charge in [-0.1, -0.05) is 13.0 Å². The molecule has 1 heterocycles. The number of ether oxygens (including phenoxy) is 2. The van der Waals surface area contributed by atoms with E-state index in [2.05, 4.69) is 19.2 Å². The van der Waals surface area contributed by atoms with Crippen molar-refractivity contribution in [2.75, 3.05) is 20.3 Å². The molecule has 0 spiro atoms. The van der Waals surface area contributed by atoms with Crippen LogP contribution >= 0.6 is 0 Å². The summed E-state index contributed by atoms with van der Waals surface area (Å²) in [5, 5.41) is 3.48. The number of benzene rings is 1. The lowest BCUT2D eigenvalue weighted by Crippen LogP contribution is -2.49. The Hall–Kier alpha value is -1.13. The van der Waals surface area contributed by atoms with Gasteiger partial charge in [0.2, 0.25) is 0 Å². The van der Waals surface area contributed by atoms with Crippen LogP contribution in [0, 0.1) is 5.82 Å². The molecule has 2 rings (SSSR count). The van der Waals surface area contributed by atoms with E-state index in [0.29, 0.717) is 0 Å². The molecule has 0 radical (unpaired) electrons. The molecule has 112 valence electrons. The molecule has 1 aliphatic heterocycles. The fourth-order valence-corrected chi connectivity index (χ4v) is 2.90. The molecule has 1 aliphatic rings. The summed E-state index contributed by atoms with van der Waals surface area (Å²) < 4.78 is 24.7. The van der Waals surface area contributed by atoms with Gasteiger partial charge in [0.05, 0.1) is 12.7 Å². The summed E-state index contributed by atoms with van der Waals surface area (Å²) in [5.74, 6) is -0.0187. The Bertz CT molecular complexity index is 444. The van der Waals surface area contributed by atoms with Crippen molar-refractivity contribution in [3.05, 3.63) is 29.6 Å². The van der Waals surface area contributed by atoms with E-state index in [-0.39, 0.29) is 23.2 Å². The third-order valence-corrected chi connectivity index (χ3v) is 4.09. The van der Waals surface area contributed by atoms with Gasteiger partial charge in [-0.3, -0.25) is 0 Å². The van der Waals surface area contributed by atoms with Crippen molar-refractivity contribution in [2.45, 2.75) is 44.8 Å². The maximum Gasteiger partial charge on any atom is 0.165 e. The Balaban J connectivity index is 2.13. The second kappa shape index (κ2) is 6.55. The summed E-state index contributed by atoms with van der Waals surface area (Å²) in [4.78, 5) is 0. The molecule has 2 unspecified atom stereocenters. The molecular weight excluding hydrogens is 257 g/mol. The molecule has 0 saturated carbocycles. The zero-order valence-electron chi connectivity index (χ0n) is 12.5. The first-order chi connectivity index (χ1) is 9.59. The van der Waals surface area contributed by atoms with Crippen LogP contribution in [0.1, 0.15) is 32.3 Å². The predicted molar refractivity (Wildman–Crippen MR) is 77.7 cm³/mol. The van der Waals surface area contributed by atoms with Gasteiger partial charge in [-0.15, -0.1) is 0 Å². The highest BCUT2D eigenvalue weighted by Gasteiger charge is 2.37. The van der Waals surface area contributed by atoms with Crippen LogP contribution in [0.4, 0.5) is 4.39 Å². The lowest BCUT2D eigenvalue weighted by atomic mass is 9.88. The van der Waals surface area contributed by atoms with E-state index < -0.39 is 0 Å². The summed E-state index contributed by atoms with van der Waals surface area (Å²) in [6.07, 6.45) is 2.89. The van der Waals surface area contributed by atoms with Crippen LogP contribution in [-0.2, 0) is 11.2 Å². The zero-order chi connectivity index (χ0) is 14.6. The van der Waals surface area contributed by atoms with E-state index in [1.807, 2.05) is 6.07 Å². The smallest absolute Gasteiger partial charge is 0.165 e. The predicted octanol–water partition coefficient (Wildman–Crippen LogP) is 2.92.